The number of hydrogen-bond donors (Lipinski definition) is 1. The van der Waals surface area contributed by atoms with Crippen LogP contribution in [0.15, 0.2) is 24.5 Å². The first-order chi connectivity index (χ1) is 13.0. The number of carboxylic acids is 1. The maximum atomic E-state index is 11.6. The Balaban J connectivity index is 1.77. The van der Waals surface area contributed by atoms with E-state index < -0.39 is 5.97 Å². The molecule has 7 heteroatoms. The highest BCUT2D eigenvalue weighted by molar-refractivity contribution is 5.93. The molecule has 0 amide bonds. The third-order valence-corrected chi connectivity index (χ3v) is 5.08. The molecule has 1 atom stereocenters. The van der Waals surface area contributed by atoms with Crippen molar-refractivity contribution in [2.75, 3.05) is 38.6 Å². The number of aromatic nitrogens is 3. The summed E-state index contributed by atoms with van der Waals surface area (Å²) in [5.41, 5.74) is 1.11. The molecule has 3 heterocycles. The average Bonchev–Trinajstić information content (AvgIpc) is 3.09. The first-order valence-corrected chi connectivity index (χ1v) is 9.57. The molecular formula is C20H29N5O2. The van der Waals surface area contributed by atoms with E-state index in [-0.39, 0.29) is 11.5 Å². The Hall–Kier alpha value is -2.41. The highest BCUT2D eigenvalue weighted by Gasteiger charge is 2.28. The van der Waals surface area contributed by atoms with Gasteiger partial charge in [0.2, 0.25) is 0 Å². The standard InChI is InChI=1S/C20H29N5O2/c1-15-7-8-17(20(26)27)19(22-15)25-11-4-6-16(14-25)18-21-9-13-24(18)12-5-10-23(2)3/h7-9,13,16H,4-6,10-12,14H2,1-3H3,(H,26,27)/t16-/m1/s1. The number of hydrogen-bond acceptors (Lipinski definition) is 5. The van der Waals surface area contributed by atoms with Gasteiger partial charge in [0.15, 0.2) is 0 Å². The van der Waals surface area contributed by atoms with Crippen molar-refractivity contribution >= 4 is 11.8 Å². The minimum Gasteiger partial charge on any atom is -0.478 e. The lowest BCUT2D eigenvalue weighted by Gasteiger charge is -2.34. The lowest BCUT2D eigenvalue weighted by atomic mass is 9.96. The minimum atomic E-state index is -0.926. The summed E-state index contributed by atoms with van der Waals surface area (Å²) in [5.74, 6) is 1.04. The predicted octanol–water partition coefficient (Wildman–Crippen LogP) is 2.62. The van der Waals surface area contributed by atoms with Gasteiger partial charge in [-0.25, -0.2) is 14.8 Å². The van der Waals surface area contributed by atoms with Crippen molar-refractivity contribution in [3.8, 4) is 0 Å². The molecule has 0 spiro atoms. The molecule has 2 aromatic rings. The molecule has 0 aliphatic carbocycles. The Bertz CT molecular complexity index is 786. The first kappa shape index (κ1) is 19.4. The second-order valence-electron chi connectivity index (χ2n) is 7.55. The number of aryl methyl sites for hydroxylation is 2. The number of carbonyl (C=O) groups is 1. The summed E-state index contributed by atoms with van der Waals surface area (Å²) in [4.78, 5) is 25.1. The Morgan fingerprint density at radius 3 is 2.93 bits per heavy atom. The van der Waals surface area contributed by atoms with Crippen LogP contribution in [0.25, 0.3) is 0 Å². The second-order valence-corrected chi connectivity index (χ2v) is 7.55. The zero-order chi connectivity index (χ0) is 19.4. The first-order valence-electron chi connectivity index (χ1n) is 9.57. The van der Waals surface area contributed by atoms with Gasteiger partial charge in [-0.3, -0.25) is 0 Å². The van der Waals surface area contributed by atoms with Crippen LogP contribution in [-0.2, 0) is 6.54 Å². The maximum absolute atomic E-state index is 11.6. The van der Waals surface area contributed by atoms with Crippen LogP contribution < -0.4 is 4.90 Å². The number of piperidine rings is 1. The molecule has 3 rings (SSSR count). The predicted molar refractivity (Wildman–Crippen MR) is 106 cm³/mol. The van der Waals surface area contributed by atoms with Crippen LogP contribution in [0.5, 0.6) is 0 Å². The quantitative estimate of drug-likeness (QED) is 0.806. The molecule has 0 unspecified atom stereocenters. The fourth-order valence-electron chi connectivity index (χ4n) is 3.76. The highest BCUT2D eigenvalue weighted by atomic mass is 16.4. The topological polar surface area (TPSA) is 74.5 Å². The summed E-state index contributed by atoms with van der Waals surface area (Å²) >= 11 is 0. The molecule has 1 N–H and O–H groups in total. The lowest BCUT2D eigenvalue weighted by molar-refractivity contribution is 0.0697. The largest absolute Gasteiger partial charge is 0.478 e. The van der Waals surface area contributed by atoms with Gasteiger partial charge in [-0.2, -0.15) is 0 Å². The van der Waals surface area contributed by atoms with E-state index in [1.807, 2.05) is 13.1 Å². The van der Waals surface area contributed by atoms with Crippen molar-refractivity contribution in [2.45, 2.75) is 38.6 Å². The molecular weight excluding hydrogens is 342 g/mol. The smallest absolute Gasteiger partial charge is 0.339 e. The number of aromatic carboxylic acids is 1. The van der Waals surface area contributed by atoms with Crippen LogP contribution in [0, 0.1) is 6.92 Å². The van der Waals surface area contributed by atoms with E-state index in [2.05, 4.69) is 44.6 Å². The number of carboxylic acid groups (broad SMARTS) is 1. The van der Waals surface area contributed by atoms with E-state index in [1.54, 1.807) is 12.1 Å². The van der Waals surface area contributed by atoms with Crippen molar-refractivity contribution in [3.05, 3.63) is 41.6 Å². The molecule has 1 aliphatic rings. The van der Waals surface area contributed by atoms with Crippen LogP contribution >= 0.6 is 0 Å². The van der Waals surface area contributed by atoms with E-state index >= 15 is 0 Å². The van der Waals surface area contributed by atoms with E-state index in [4.69, 9.17) is 0 Å². The normalized spacial score (nSPS) is 17.5. The third kappa shape index (κ3) is 4.66. The van der Waals surface area contributed by atoms with Gasteiger partial charge in [-0.1, -0.05) is 0 Å². The summed E-state index contributed by atoms with van der Waals surface area (Å²) in [6, 6.07) is 3.41. The monoisotopic (exact) mass is 371 g/mol. The third-order valence-electron chi connectivity index (χ3n) is 5.08. The Kier molecular flexibility index (Phi) is 6.11. The van der Waals surface area contributed by atoms with Crippen molar-refractivity contribution < 1.29 is 9.90 Å². The molecule has 2 aromatic heterocycles. The zero-order valence-corrected chi connectivity index (χ0v) is 16.4. The van der Waals surface area contributed by atoms with E-state index in [9.17, 15) is 9.90 Å². The summed E-state index contributed by atoms with van der Waals surface area (Å²) in [7, 11) is 4.17. The SMILES string of the molecule is Cc1ccc(C(=O)O)c(N2CCC[C@@H](c3nccn3CCCN(C)C)C2)n1. The zero-order valence-electron chi connectivity index (χ0n) is 16.4. The van der Waals surface area contributed by atoms with E-state index in [0.717, 1.165) is 57.0 Å². The van der Waals surface area contributed by atoms with Crippen LogP contribution in [0.4, 0.5) is 5.82 Å². The minimum absolute atomic E-state index is 0.274. The summed E-state index contributed by atoms with van der Waals surface area (Å²) in [6.07, 6.45) is 7.07. The Morgan fingerprint density at radius 1 is 1.37 bits per heavy atom. The number of pyridine rings is 1. The van der Waals surface area contributed by atoms with Crippen molar-refractivity contribution in [1.29, 1.82) is 0 Å². The number of nitrogens with zero attached hydrogens (tertiary/aromatic N) is 5. The molecule has 0 bridgehead atoms. The Morgan fingerprint density at radius 2 is 2.19 bits per heavy atom. The van der Waals surface area contributed by atoms with Gasteiger partial charge < -0.3 is 19.5 Å². The fraction of sp³-hybridized carbons (Fsp3) is 0.550. The molecule has 1 fully saturated rings. The summed E-state index contributed by atoms with van der Waals surface area (Å²) < 4.78 is 2.25. The Labute approximate surface area is 160 Å². The fourth-order valence-corrected chi connectivity index (χ4v) is 3.76. The second kappa shape index (κ2) is 8.52. The molecule has 27 heavy (non-hydrogen) atoms. The molecule has 0 saturated carbocycles. The van der Waals surface area contributed by atoms with Crippen LogP contribution in [-0.4, -0.2) is 64.2 Å². The van der Waals surface area contributed by atoms with Gasteiger partial charge in [0, 0.05) is 43.6 Å². The van der Waals surface area contributed by atoms with Crippen LogP contribution in [0.3, 0.4) is 0 Å². The van der Waals surface area contributed by atoms with Gasteiger partial charge >= 0.3 is 5.97 Å². The molecule has 7 nitrogen and oxygen atoms in total. The van der Waals surface area contributed by atoms with Gasteiger partial charge in [0.05, 0.1) is 0 Å². The van der Waals surface area contributed by atoms with Crippen molar-refractivity contribution in [3.63, 3.8) is 0 Å². The van der Waals surface area contributed by atoms with Crippen LogP contribution in [0.1, 0.15) is 47.1 Å². The molecule has 1 saturated heterocycles. The van der Waals surface area contributed by atoms with Gasteiger partial charge in [-0.15, -0.1) is 0 Å². The van der Waals surface area contributed by atoms with Gasteiger partial charge in [-0.05, 0) is 59.0 Å². The maximum Gasteiger partial charge on any atom is 0.339 e. The van der Waals surface area contributed by atoms with Gasteiger partial charge in [0.1, 0.15) is 17.2 Å². The molecule has 146 valence electrons. The average molecular weight is 371 g/mol. The highest BCUT2D eigenvalue weighted by Crippen LogP contribution is 2.30. The number of rotatable bonds is 7. The number of imidazole rings is 1. The molecule has 1 aliphatic heterocycles. The number of anilines is 1. The van der Waals surface area contributed by atoms with E-state index in [0.29, 0.717) is 5.82 Å². The van der Waals surface area contributed by atoms with Gasteiger partial charge in [0.25, 0.3) is 0 Å². The summed E-state index contributed by atoms with van der Waals surface area (Å²) in [5, 5.41) is 9.54. The molecule has 0 radical (unpaired) electrons. The lowest BCUT2D eigenvalue weighted by Crippen LogP contribution is -2.37. The van der Waals surface area contributed by atoms with Crippen molar-refractivity contribution in [1.82, 2.24) is 19.4 Å². The summed E-state index contributed by atoms with van der Waals surface area (Å²) in [6.45, 7) is 5.47. The van der Waals surface area contributed by atoms with Crippen molar-refractivity contribution in [2.24, 2.45) is 0 Å². The van der Waals surface area contributed by atoms with E-state index in [1.165, 1.54) is 0 Å². The van der Waals surface area contributed by atoms with Crippen LogP contribution in [0.2, 0.25) is 0 Å². The molecule has 0 aromatic carbocycles.